The van der Waals surface area contributed by atoms with Gasteiger partial charge in [-0.3, -0.25) is 0 Å². The van der Waals surface area contributed by atoms with E-state index in [4.69, 9.17) is 4.74 Å². The van der Waals surface area contributed by atoms with E-state index >= 15 is 0 Å². The van der Waals surface area contributed by atoms with E-state index in [0.29, 0.717) is 11.1 Å². The molecule has 1 aromatic rings. The Morgan fingerprint density at radius 1 is 1.43 bits per heavy atom. The van der Waals surface area contributed by atoms with Gasteiger partial charge in [-0.15, -0.1) is 0 Å². The monoisotopic (exact) mass is 260 g/mol. The van der Waals surface area contributed by atoms with Crippen molar-refractivity contribution in [1.29, 1.82) is 0 Å². The quantitative estimate of drug-likeness (QED) is 0.730. The second kappa shape index (κ2) is 6.14. The van der Waals surface area contributed by atoms with Gasteiger partial charge in [0.2, 0.25) is 0 Å². The Balaban J connectivity index is 2.39. The van der Waals surface area contributed by atoms with Gasteiger partial charge in [-0.2, -0.15) is 0 Å². The maximum absolute atomic E-state index is 12.9. The standard InChI is InChI=1S/C11H14BrFO/c1-2-3-6-14-8-9-4-5-11(13)10(12)7-9/h4-5,7H,2-3,6,8H2,1H3. The van der Waals surface area contributed by atoms with E-state index in [-0.39, 0.29) is 5.82 Å². The molecule has 0 aliphatic rings. The summed E-state index contributed by atoms with van der Waals surface area (Å²) in [5, 5.41) is 0. The number of hydrogen-bond donors (Lipinski definition) is 0. The largest absolute Gasteiger partial charge is 0.377 e. The first kappa shape index (κ1) is 11.7. The highest BCUT2D eigenvalue weighted by molar-refractivity contribution is 9.10. The summed E-state index contributed by atoms with van der Waals surface area (Å²) in [5.41, 5.74) is 0.995. The van der Waals surface area contributed by atoms with E-state index in [2.05, 4.69) is 22.9 Å². The first-order valence-corrected chi connectivity index (χ1v) is 5.55. The van der Waals surface area contributed by atoms with E-state index in [1.807, 2.05) is 0 Å². The summed E-state index contributed by atoms with van der Waals surface area (Å²) < 4.78 is 18.8. The topological polar surface area (TPSA) is 9.23 Å². The maximum Gasteiger partial charge on any atom is 0.137 e. The minimum atomic E-state index is -0.234. The van der Waals surface area contributed by atoms with Crippen molar-refractivity contribution >= 4 is 15.9 Å². The van der Waals surface area contributed by atoms with Crippen molar-refractivity contribution in [3.8, 4) is 0 Å². The molecule has 0 unspecified atom stereocenters. The predicted octanol–water partition coefficient (Wildman–Crippen LogP) is 3.90. The summed E-state index contributed by atoms with van der Waals surface area (Å²) in [6.45, 7) is 3.45. The molecule has 0 saturated carbocycles. The number of rotatable bonds is 5. The normalized spacial score (nSPS) is 10.5. The molecule has 0 aliphatic carbocycles. The second-order valence-corrected chi connectivity index (χ2v) is 4.01. The molecule has 3 heteroatoms. The minimum absolute atomic E-state index is 0.234. The number of benzene rings is 1. The van der Waals surface area contributed by atoms with Crippen LogP contribution in [0, 0.1) is 5.82 Å². The average molecular weight is 261 g/mol. The Labute approximate surface area is 92.4 Å². The van der Waals surface area contributed by atoms with E-state index in [0.717, 1.165) is 25.0 Å². The summed E-state index contributed by atoms with van der Waals surface area (Å²) >= 11 is 3.14. The van der Waals surface area contributed by atoms with Gasteiger partial charge in [0.15, 0.2) is 0 Å². The average Bonchev–Trinajstić information content (AvgIpc) is 2.18. The van der Waals surface area contributed by atoms with Crippen LogP contribution in [0.3, 0.4) is 0 Å². The van der Waals surface area contributed by atoms with E-state index in [9.17, 15) is 4.39 Å². The zero-order chi connectivity index (χ0) is 10.4. The lowest BCUT2D eigenvalue weighted by Gasteiger charge is -2.04. The van der Waals surface area contributed by atoms with E-state index in [1.165, 1.54) is 6.07 Å². The molecule has 1 nitrogen and oxygen atoms in total. The highest BCUT2D eigenvalue weighted by Crippen LogP contribution is 2.17. The predicted molar refractivity (Wildman–Crippen MR) is 58.7 cm³/mol. The molecule has 0 amide bonds. The van der Waals surface area contributed by atoms with Gasteiger partial charge in [-0.1, -0.05) is 19.4 Å². The van der Waals surface area contributed by atoms with E-state index < -0.39 is 0 Å². The summed E-state index contributed by atoms with van der Waals surface area (Å²) in [5.74, 6) is -0.234. The molecule has 0 heterocycles. The highest BCUT2D eigenvalue weighted by atomic mass is 79.9. The van der Waals surface area contributed by atoms with Crippen molar-refractivity contribution in [2.24, 2.45) is 0 Å². The van der Waals surface area contributed by atoms with Gasteiger partial charge in [0.25, 0.3) is 0 Å². The summed E-state index contributed by atoms with van der Waals surface area (Å²) in [6, 6.07) is 4.94. The van der Waals surface area contributed by atoms with Crippen molar-refractivity contribution in [3.63, 3.8) is 0 Å². The number of hydrogen-bond acceptors (Lipinski definition) is 1. The molecule has 0 N–H and O–H groups in total. The third kappa shape index (κ3) is 3.76. The molecular weight excluding hydrogens is 247 g/mol. The van der Waals surface area contributed by atoms with Gasteiger partial charge in [-0.05, 0) is 40.0 Å². The lowest BCUT2D eigenvalue weighted by Crippen LogP contribution is -1.95. The van der Waals surface area contributed by atoms with Crippen molar-refractivity contribution in [1.82, 2.24) is 0 Å². The van der Waals surface area contributed by atoms with Crippen LogP contribution >= 0.6 is 15.9 Å². The van der Waals surface area contributed by atoms with Crippen LogP contribution in [0.5, 0.6) is 0 Å². The van der Waals surface area contributed by atoms with Gasteiger partial charge in [0.1, 0.15) is 5.82 Å². The Bertz CT molecular complexity index is 289. The molecule has 1 rings (SSSR count). The summed E-state index contributed by atoms with van der Waals surface area (Å²) in [4.78, 5) is 0. The molecule has 0 aliphatic heterocycles. The van der Waals surface area contributed by atoms with Crippen LogP contribution in [0.15, 0.2) is 22.7 Å². The van der Waals surface area contributed by atoms with Crippen molar-refractivity contribution < 1.29 is 9.13 Å². The number of halogens is 2. The Kier molecular flexibility index (Phi) is 5.12. The fourth-order valence-corrected chi connectivity index (χ4v) is 1.49. The third-order valence-electron chi connectivity index (χ3n) is 1.89. The molecule has 0 fully saturated rings. The van der Waals surface area contributed by atoms with Gasteiger partial charge < -0.3 is 4.74 Å². The third-order valence-corrected chi connectivity index (χ3v) is 2.50. The van der Waals surface area contributed by atoms with Gasteiger partial charge >= 0.3 is 0 Å². The van der Waals surface area contributed by atoms with Crippen LogP contribution in [-0.2, 0) is 11.3 Å². The fourth-order valence-electron chi connectivity index (χ4n) is 1.07. The molecule has 0 bridgehead atoms. The van der Waals surface area contributed by atoms with Crippen LogP contribution in [0.1, 0.15) is 25.3 Å². The molecule has 0 spiro atoms. The van der Waals surface area contributed by atoms with Crippen LogP contribution in [0.2, 0.25) is 0 Å². The van der Waals surface area contributed by atoms with Crippen LogP contribution < -0.4 is 0 Å². The molecule has 0 radical (unpaired) electrons. The maximum atomic E-state index is 12.9. The Morgan fingerprint density at radius 3 is 2.86 bits per heavy atom. The minimum Gasteiger partial charge on any atom is -0.377 e. The lowest BCUT2D eigenvalue weighted by molar-refractivity contribution is 0.118. The highest BCUT2D eigenvalue weighted by Gasteiger charge is 1.99. The van der Waals surface area contributed by atoms with Crippen molar-refractivity contribution in [3.05, 3.63) is 34.1 Å². The second-order valence-electron chi connectivity index (χ2n) is 3.15. The van der Waals surface area contributed by atoms with Crippen LogP contribution in [0.25, 0.3) is 0 Å². The molecular formula is C11H14BrFO. The Morgan fingerprint density at radius 2 is 2.21 bits per heavy atom. The van der Waals surface area contributed by atoms with Crippen LogP contribution in [-0.4, -0.2) is 6.61 Å². The van der Waals surface area contributed by atoms with Gasteiger partial charge in [0, 0.05) is 6.61 Å². The Hall–Kier alpha value is -0.410. The zero-order valence-electron chi connectivity index (χ0n) is 8.22. The first-order valence-electron chi connectivity index (χ1n) is 4.75. The molecule has 78 valence electrons. The summed E-state index contributed by atoms with van der Waals surface area (Å²) in [6.07, 6.45) is 2.20. The zero-order valence-corrected chi connectivity index (χ0v) is 9.81. The molecule has 14 heavy (non-hydrogen) atoms. The van der Waals surface area contributed by atoms with Gasteiger partial charge in [-0.25, -0.2) is 4.39 Å². The molecule has 0 aromatic heterocycles. The SMILES string of the molecule is CCCCOCc1ccc(F)c(Br)c1. The van der Waals surface area contributed by atoms with Crippen molar-refractivity contribution in [2.75, 3.05) is 6.61 Å². The van der Waals surface area contributed by atoms with Crippen molar-refractivity contribution in [2.45, 2.75) is 26.4 Å². The van der Waals surface area contributed by atoms with E-state index in [1.54, 1.807) is 12.1 Å². The molecule has 0 saturated heterocycles. The fraction of sp³-hybridized carbons (Fsp3) is 0.455. The molecule has 0 atom stereocenters. The van der Waals surface area contributed by atoms with Gasteiger partial charge in [0.05, 0.1) is 11.1 Å². The molecule has 1 aromatic carbocycles. The smallest absolute Gasteiger partial charge is 0.137 e. The number of ether oxygens (including phenoxy) is 1. The van der Waals surface area contributed by atoms with Crippen LogP contribution in [0.4, 0.5) is 4.39 Å². The number of unbranched alkanes of at least 4 members (excludes halogenated alkanes) is 1. The summed E-state index contributed by atoms with van der Waals surface area (Å²) in [7, 11) is 0. The lowest BCUT2D eigenvalue weighted by atomic mass is 10.2. The first-order chi connectivity index (χ1) is 6.74.